The van der Waals surface area contributed by atoms with Gasteiger partial charge in [0.15, 0.2) is 0 Å². The van der Waals surface area contributed by atoms with Gasteiger partial charge in [-0.05, 0) is 43.0 Å². The van der Waals surface area contributed by atoms with Crippen molar-refractivity contribution in [1.82, 2.24) is 5.32 Å². The van der Waals surface area contributed by atoms with Crippen molar-refractivity contribution in [2.45, 2.75) is 17.9 Å². The zero-order valence-electron chi connectivity index (χ0n) is 15.8. The fourth-order valence-corrected chi connectivity index (χ4v) is 3.51. The van der Waals surface area contributed by atoms with Crippen LogP contribution in [0.25, 0.3) is 0 Å². The molecule has 3 rings (SSSR count). The molecule has 5 heteroatoms. The van der Waals surface area contributed by atoms with Crippen molar-refractivity contribution < 1.29 is 9.59 Å². The molecule has 0 spiro atoms. The maximum absolute atomic E-state index is 12.8. The van der Waals surface area contributed by atoms with Crippen LogP contribution in [0.4, 0.5) is 5.69 Å². The fourth-order valence-electron chi connectivity index (χ4n) is 2.91. The molecule has 1 atom stereocenters. The van der Waals surface area contributed by atoms with Crippen molar-refractivity contribution in [1.29, 1.82) is 0 Å². The molecule has 0 radical (unpaired) electrons. The van der Waals surface area contributed by atoms with Crippen LogP contribution in [0.2, 0.25) is 0 Å². The maximum Gasteiger partial charge on any atom is 0.256 e. The molecule has 2 amide bonds. The molecule has 0 fully saturated rings. The standard InChI is InChI=1S/C23H22N2O2S/c1-16(17-10-4-3-5-11-17)24-22(26)18-12-6-8-14-20(18)25-23(27)19-13-7-9-15-21(19)28-2/h3-16H,1-2H3,(H,24,26)(H,25,27)/t16-/m0/s1. The first-order valence-electron chi connectivity index (χ1n) is 8.99. The summed E-state index contributed by atoms with van der Waals surface area (Å²) in [7, 11) is 0. The predicted octanol–water partition coefficient (Wildman–Crippen LogP) is 5.15. The zero-order valence-corrected chi connectivity index (χ0v) is 16.6. The highest BCUT2D eigenvalue weighted by Gasteiger charge is 2.17. The number of para-hydroxylation sites is 1. The zero-order chi connectivity index (χ0) is 19.9. The van der Waals surface area contributed by atoms with Gasteiger partial charge in [-0.15, -0.1) is 11.8 Å². The molecule has 0 unspecified atom stereocenters. The molecule has 0 heterocycles. The van der Waals surface area contributed by atoms with Crippen LogP contribution >= 0.6 is 11.8 Å². The molecular weight excluding hydrogens is 368 g/mol. The second-order valence-corrected chi connectivity index (χ2v) is 7.15. The summed E-state index contributed by atoms with van der Waals surface area (Å²) in [4.78, 5) is 26.5. The third-order valence-electron chi connectivity index (χ3n) is 4.42. The normalized spacial score (nSPS) is 11.5. The van der Waals surface area contributed by atoms with Crippen molar-refractivity contribution in [3.63, 3.8) is 0 Å². The van der Waals surface area contributed by atoms with Gasteiger partial charge in [-0.3, -0.25) is 9.59 Å². The van der Waals surface area contributed by atoms with E-state index in [0.717, 1.165) is 10.5 Å². The van der Waals surface area contributed by atoms with Gasteiger partial charge in [-0.1, -0.05) is 54.6 Å². The Labute approximate surface area is 169 Å². The van der Waals surface area contributed by atoms with Gasteiger partial charge in [0.25, 0.3) is 11.8 Å². The summed E-state index contributed by atoms with van der Waals surface area (Å²) in [6.07, 6.45) is 1.93. The minimum Gasteiger partial charge on any atom is -0.345 e. The number of hydrogen-bond acceptors (Lipinski definition) is 3. The molecule has 28 heavy (non-hydrogen) atoms. The Hall–Kier alpha value is -3.05. The molecule has 3 aromatic rings. The van der Waals surface area contributed by atoms with E-state index in [1.807, 2.05) is 61.7 Å². The van der Waals surface area contributed by atoms with Gasteiger partial charge in [0.05, 0.1) is 22.9 Å². The summed E-state index contributed by atoms with van der Waals surface area (Å²) < 4.78 is 0. The number of anilines is 1. The average molecular weight is 391 g/mol. The van der Waals surface area contributed by atoms with E-state index in [-0.39, 0.29) is 17.9 Å². The van der Waals surface area contributed by atoms with Crippen molar-refractivity contribution in [2.75, 3.05) is 11.6 Å². The lowest BCUT2D eigenvalue weighted by molar-refractivity contribution is 0.0941. The molecule has 0 saturated carbocycles. The molecule has 3 aromatic carbocycles. The third-order valence-corrected chi connectivity index (χ3v) is 5.21. The van der Waals surface area contributed by atoms with Crippen molar-refractivity contribution in [2.24, 2.45) is 0 Å². The van der Waals surface area contributed by atoms with E-state index in [9.17, 15) is 9.59 Å². The molecule has 4 nitrogen and oxygen atoms in total. The highest BCUT2D eigenvalue weighted by atomic mass is 32.2. The van der Waals surface area contributed by atoms with Gasteiger partial charge in [-0.2, -0.15) is 0 Å². The second-order valence-electron chi connectivity index (χ2n) is 6.31. The number of nitrogens with one attached hydrogen (secondary N) is 2. The van der Waals surface area contributed by atoms with Gasteiger partial charge in [0.2, 0.25) is 0 Å². The molecule has 0 aliphatic rings. The topological polar surface area (TPSA) is 58.2 Å². The quantitative estimate of drug-likeness (QED) is 0.572. The number of hydrogen-bond donors (Lipinski definition) is 2. The Kier molecular flexibility index (Phi) is 6.50. The number of rotatable bonds is 6. The SMILES string of the molecule is CSc1ccccc1C(=O)Nc1ccccc1C(=O)N[C@@H](C)c1ccccc1. The number of thioether (sulfide) groups is 1. The summed E-state index contributed by atoms with van der Waals surface area (Å²) >= 11 is 1.51. The molecule has 0 aromatic heterocycles. The predicted molar refractivity (Wildman–Crippen MR) is 115 cm³/mol. The maximum atomic E-state index is 12.8. The van der Waals surface area contributed by atoms with Crippen LogP contribution in [0.1, 0.15) is 39.2 Å². The Morgan fingerprint density at radius 2 is 1.39 bits per heavy atom. The van der Waals surface area contributed by atoms with Crippen LogP contribution < -0.4 is 10.6 Å². The lowest BCUT2D eigenvalue weighted by Gasteiger charge is -2.16. The van der Waals surface area contributed by atoms with E-state index in [4.69, 9.17) is 0 Å². The van der Waals surface area contributed by atoms with E-state index in [0.29, 0.717) is 16.8 Å². The van der Waals surface area contributed by atoms with E-state index >= 15 is 0 Å². The molecule has 0 aliphatic carbocycles. The van der Waals surface area contributed by atoms with E-state index in [2.05, 4.69) is 10.6 Å². The Morgan fingerprint density at radius 3 is 2.11 bits per heavy atom. The van der Waals surface area contributed by atoms with Crippen molar-refractivity contribution in [3.05, 3.63) is 95.6 Å². The van der Waals surface area contributed by atoms with E-state index in [1.54, 1.807) is 30.3 Å². The lowest BCUT2D eigenvalue weighted by Crippen LogP contribution is -2.28. The molecular formula is C23H22N2O2S. The minimum atomic E-state index is -0.235. The first-order chi connectivity index (χ1) is 13.6. The van der Waals surface area contributed by atoms with Crippen molar-refractivity contribution >= 4 is 29.3 Å². The van der Waals surface area contributed by atoms with Gasteiger partial charge < -0.3 is 10.6 Å². The number of carbonyl (C=O) groups excluding carboxylic acids is 2. The van der Waals surface area contributed by atoms with Crippen LogP contribution in [0.15, 0.2) is 83.8 Å². The van der Waals surface area contributed by atoms with Gasteiger partial charge in [-0.25, -0.2) is 0 Å². The Bertz CT molecular complexity index is 973. The number of benzene rings is 3. The highest BCUT2D eigenvalue weighted by molar-refractivity contribution is 7.98. The van der Waals surface area contributed by atoms with Crippen LogP contribution in [-0.4, -0.2) is 18.1 Å². The number of amides is 2. The minimum absolute atomic E-state index is 0.144. The molecule has 0 bridgehead atoms. The summed E-state index contributed by atoms with van der Waals surface area (Å²) in [5, 5.41) is 5.88. The first-order valence-corrected chi connectivity index (χ1v) is 10.2. The van der Waals surface area contributed by atoms with Crippen molar-refractivity contribution in [3.8, 4) is 0 Å². The smallest absolute Gasteiger partial charge is 0.256 e. The largest absolute Gasteiger partial charge is 0.345 e. The molecule has 142 valence electrons. The van der Waals surface area contributed by atoms with Crippen LogP contribution in [0, 0.1) is 0 Å². The summed E-state index contributed by atoms with van der Waals surface area (Å²) in [6.45, 7) is 1.93. The first kappa shape index (κ1) is 19.7. The van der Waals surface area contributed by atoms with Gasteiger partial charge >= 0.3 is 0 Å². The van der Waals surface area contributed by atoms with Crippen LogP contribution in [0.5, 0.6) is 0 Å². The molecule has 0 saturated heterocycles. The van der Waals surface area contributed by atoms with Crippen LogP contribution in [0.3, 0.4) is 0 Å². The summed E-state index contributed by atoms with van der Waals surface area (Å²) in [5.41, 5.74) is 2.52. The van der Waals surface area contributed by atoms with Gasteiger partial charge in [0, 0.05) is 4.90 Å². The Morgan fingerprint density at radius 1 is 0.786 bits per heavy atom. The monoisotopic (exact) mass is 390 g/mol. The fraction of sp³-hybridized carbons (Fsp3) is 0.130. The molecule has 0 aliphatic heterocycles. The third kappa shape index (κ3) is 4.61. The number of carbonyl (C=O) groups is 2. The highest BCUT2D eigenvalue weighted by Crippen LogP contribution is 2.23. The van der Waals surface area contributed by atoms with E-state index in [1.165, 1.54) is 11.8 Å². The molecule has 2 N–H and O–H groups in total. The van der Waals surface area contributed by atoms with E-state index < -0.39 is 0 Å². The lowest BCUT2D eigenvalue weighted by atomic mass is 10.1. The average Bonchev–Trinajstić information content (AvgIpc) is 2.74. The summed E-state index contributed by atoms with van der Waals surface area (Å²) in [5.74, 6) is -0.466. The van der Waals surface area contributed by atoms with Gasteiger partial charge in [0.1, 0.15) is 0 Å². The second kappa shape index (κ2) is 9.24. The summed E-state index contributed by atoms with van der Waals surface area (Å²) in [6, 6.07) is 24.1. The van der Waals surface area contributed by atoms with Crippen LogP contribution in [-0.2, 0) is 0 Å². The Balaban J connectivity index is 1.79.